The van der Waals surface area contributed by atoms with Crippen LogP contribution in [0.25, 0.3) is 0 Å². The summed E-state index contributed by atoms with van der Waals surface area (Å²) in [5.74, 6) is -1.17. The minimum atomic E-state index is -0.583. The SMILES string of the molecule is COCCNc1cc(F)cc(F)c1. The number of ether oxygens (including phenoxy) is 1. The van der Waals surface area contributed by atoms with Crippen molar-refractivity contribution in [2.75, 3.05) is 25.6 Å². The molecule has 1 aromatic rings. The Kier molecular flexibility index (Phi) is 3.64. The van der Waals surface area contributed by atoms with Gasteiger partial charge in [-0.3, -0.25) is 0 Å². The predicted octanol–water partition coefficient (Wildman–Crippen LogP) is 2.02. The number of rotatable bonds is 4. The van der Waals surface area contributed by atoms with E-state index in [-0.39, 0.29) is 0 Å². The highest BCUT2D eigenvalue weighted by atomic mass is 19.1. The van der Waals surface area contributed by atoms with E-state index in [1.807, 2.05) is 0 Å². The Balaban J connectivity index is 2.56. The second-order valence-electron chi connectivity index (χ2n) is 2.58. The lowest BCUT2D eigenvalue weighted by Gasteiger charge is -2.05. The molecule has 0 fully saturated rings. The molecular formula is C9H11F2NO. The fraction of sp³-hybridized carbons (Fsp3) is 0.333. The van der Waals surface area contributed by atoms with Crippen molar-refractivity contribution in [3.05, 3.63) is 29.8 Å². The fourth-order valence-corrected chi connectivity index (χ4v) is 0.953. The first kappa shape index (κ1) is 9.92. The fourth-order valence-electron chi connectivity index (χ4n) is 0.953. The Morgan fingerprint density at radius 1 is 1.23 bits per heavy atom. The molecule has 0 aliphatic rings. The van der Waals surface area contributed by atoms with Crippen molar-refractivity contribution in [1.29, 1.82) is 0 Å². The van der Waals surface area contributed by atoms with Gasteiger partial charge < -0.3 is 10.1 Å². The van der Waals surface area contributed by atoms with Crippen LogP contribution in [0.5, 0.6) is 0 Å². The number of nitrogens with one attached hydrogen (secondary N) is 1. The summed E-state index contributed by atoms with van der Waals surface area (Å²) in [6.45, 7) is 1.03. The zero-order chi connectivity index (χ0) is 9.68. The number of halogens is 2. The molecule has 0 saturated heterocycles. The van der Waals surface area contributed by atoms with Crippen molar-refractivity contribution in [1.82, 2.24) is 0 Å². The van der Waals surface area contributed by atoms with Gasteiger partial charge in [-0.2, -0.15) is 0 Å². The largest absolute Gasteiger partial charge is 0.383 e. The van der Waals surface area contributed by atoms with Gasteiger partial charge in [-0.25, -0.2) is 8.78 Å². The van der Waals surface area contributed by atoms with E-state index in [4.69, 9.17) is 4.74 Å². The van der Waals surface area contributed by atoms with Crippen LogP contribution in [0.3, 0.4) is 0 Å². The molecule has 0 aliphatic carbocycles. The minimum Gasteiger partial charge on any atom is -0.383 e. The van der Waals surface area contributed by atoms with E-state index in [9.17, 15) is 8.78 Å². The lowest BCUT2D eigenvalue weighted by molar-refractivity contribution is 0.211. The van der Waals surface area contributed by atoms with Crippen molar-refractivity contribution in [2.24, 2.45) is 0 Å². The van der Waals surface area contributed by atoms with Crippen LogP contribution >= 0.6 is 0 Å². The van der Waals surface area contributed by atoms with E-state index in [1.54, 1.807) is 7.11 Å². The monoisotopic (exact) mass is 187 g/mol. The number of methoxy groups -OCH3 is 1. The van der Waals surface area contributed by atoms with E-state index in [2.05, 4.69) is 5.32 Å². The van der Waals surface area contributed by atoms with E-state index in [0.717, 1.165) is 6.07 Å². The quantitative estimate of drug-likeness (QED) is 0.728. The van der Waals surface area contributed by atoms with Gasteiger partial charge in [0.25, 0.3) is 0 Å². The second kappa shape index (κ2) is 4.77. The van der Waals surface area contributed by atoms with Gasteiger partial charge in [0.1, 0.15) is 11.6 Å². The van der Waals surface area contributed by atoms with E-state index < -0.39 is 11.6 Å². The number of hydrogen-bond acceptors (Lipinski definition) is 2. The Morgan fingerprint density at radius 2 is 1.85 bits per heavy atom. The summed E-state index contributed by atoms with van der Waals surface area (Å²) in [7, 11) is 1.56. The first-order valence-corrected chi connectivity index (χ1v) is 3.91. The summed E-state index contributed by atoms with van der Waals surface area (Å²) in [5, 5.41) is 2.82. The zero-order valence-corrected chi connectivity index (χ0v) is 7.31. The van der Waals surface area contributed by atoms with Crippen LogP contribution in [0.15, 0.2) is 18.2 Å². The molecule has 0 atom stereocenters. The van der Waals surface area contributed by atoms with E-state index >= 15 is 0 Å². The van der Waals surface area contributed by atoms with Crippen molar-refractivity contribution in [2.45, 2.75) is 0 Å². The Morgan fingerprint density at radius 3 is 2.38 bits per heavy atom. The van der Waals surface area contributed by atoms with Crippen LogP contribution in [-0.4, -0.2) is 20.3 Å². The topological polar surface area (TPSA) is 21.3 Å². The third-order valence-corrected chi connectivity index (χ3v) is 1.50. The Hall–Kier alpha value is -1.16. The van der Waals surface area contributed by atoms with Gasteiger partial charge in [0.15, 0.2) is 0 Å². The molecule has 13 heavy (non-hydrogen) atoms. The maximum absolute atomic E-state index is 12.6. The van der Waals surface area contributed by atoms with Crippen molar-refractivity contribution in [3.8, 4) is 0 Å². The molecule has 0 unspecified atom stereocenters. The summed E-state index contributed by atoms with van der Waals surface area (Å²) in [4.78, 5) is 0. The van der Waals surface area contributed by atoms with Crippen LogP contribution in [0, 0.1) is 11.6 Å². The Bertz CT molecular complexity index is 258. The molecule has 0 radical (unpaired) electrons. The van der Waals surface area contributed by atoms with Crippen molar-refractivity contribution >= 4 is 5.69 Å². The van der Waals surface area contributed by atoms with Crippen LogP contribution in [0.1, 0.15) is 0 Å². The van der Waals surface area contributed by atoms with Gasteiger partial charge in [-0.05, 0) is 12.1 Å². The molecule has 0 heterocycles. The zero-order valence-electron chi connectivity index (χ0n) is 7.31. The van der Waals surface area contributed by atoms with Gasteiger partial charge in [-0.1, -0.05) is 0 Å². The summed E-state index contributed by atoms with van der Waals surface area (Å²) in [5.41, 5.74) is 0.426. The van der Waals surface area contributed by atoms with Crippen LogP contribution < -0.4 is 5.32 Å². The molecule has 0 aliphatic heterocycles. The molecule has 1 N–H and O–H groups in total. The lowest BCUT2D eigenvalue weighted by Crippen LogP contribution is -2.07. The van der Waals surface area contributed by atoms with Gasteiger partial charge in [0.2, 0.25) is 0 Å². The van der Waals surface area contributed by atoms with Crippen LogP contribution in [-0.2, 0) is 4.74 Å². The van der Waals surface area contributed by atoms with E-state index in [0.29, 0.717) is 18.8 Å². The Labute approximate surface area is 75.5 Å². The summed E-state index contributed by atoms with van der Waals surface area (Å²) in [6, 6.07) is 3.30. The highest BCUT2D eigenvalue weighted by Gasteiger charge is 1.98. The maximum atomic E-state index is 12.6. The molecule has 0 spiro atoms. The average molecular weight is 187 g/mol. The third-order valence-electron chi connectivity index (χ3n) is 1.50. The lowest BCUT2D eigenvalue weighted by atomic mass is 10.3. The van der Waals surface area contributed by atoms with Gasteiger partial charge in [0, 0.05) is 25.4 Å². The maximum Gasteiger partial charge on any atom is 0.128 e. The molecule has 0 saturated carbocycles. The van der Waals surface area contributed by atoms with Gasteiger partial charge >= 0.3 is 0 Å². The molecule has 0 amide bonds. The summed E-state index contributed by atoms with van der Waals surface area (Å²) >= 11 is 0. The minimum absolute atomic E-state index is 0.426. The molecule has 0 bridgehead atoms. The second-order valence-corrected chi connectivity index (χ2v) is 2.58. The summed E-state index contributed by atoms with van der Waals surface area (Å²) in [6.07, 6.45) is 0. The van der Waals surface area contributed by atoms with Crippen LogP contribution in [0.4, 0.5) is 14.5 Å². The number of hydrogen-bond donors (Lipinski definition) is 1. The molecule has 0 aromatic heterocycles. The molecule has 72 valence electrons. The average Bonchev–Trinajstić information content (AvgIpc) is 2.03. The number of benzene rings is 1. The van der Waals surface area contributed by atoms with Crippen molar-refractivity contribution < 1.29 is 13.5 Å². The van der Waals surface area contributed by atoms with E-state index in [1.165, 1.54) is 12.1 Å². The normalized spacial score (nSPS) is 10.1. The summed E-state index contributed by atoms with van der Waals surface area (Å²) < 4.78 is 30.0. The molecule has 2 nitrogen and oxygen atoms in total. The molecule has 1 aromatic carbocycles. The highest BCUT2D eigenvalue weighted by molar-refractivity contribution is 5.43. The predicted molar refractivity (Wildman–Crippen MR) is 46.7 cm³/mol. The van der Waals surface area contributed by atoms with Crippen LogP contribution in [0.2, 0.25) is 0 Å². The molecule has 4 heteroatoms. The van der Waals surface area contributed by atoms with Crippen molar-refractivity contribution in [3.63, 3.8) is 0 Å². The number of anilines is 1. The third kappa shape index (κ3) is 3.38. The molecule has 1 rings (SSSR count). The smallest absolute Gasteiger partial charge is 0.128 e. The highest BCUT2D eigenvalue weighted by Crippen LogP contribution is 2.12. The van der Waals surface area contributed by atoms with Gasteiger partial charge in [0.05, 0.1) is 6.61 Å². The standard InChI is InChI=1S/C9H11F2NO/c1-13-3-2-12-9-5-7(10)4-8(11)6-9/h4-6,12H,2-3H2,1H3. The molecular weight excluding hydrogens is 176 g/mol. The first-order chi connectivity index (χ1) is 6.22. The first-order valence-electron chi connectivity index (χ1n) is 3.91. The van der Waals surface area contributed by atoms with Gasteiger partial charge in [-0.15, -0.1) is 0 Å².